The van der Waals surface area contributed by atoms with Gasteiger partial charge >= 0.3 is 6.03 Å². The first kappa shape index (κ1) is 15.5. The lowest BCUT2D eigenvalue weighted by Crippen LogP contribution is -2.33. The summed E-state index contributed by atoms with van der Waals surface area (Å²) in [4.78, 5) is 19.6. The number of hydrogen-bond donors (Lipinski definition) is 1. The summed E-state index contributed by atoms with van der Waals surface area (Å²) in [7, 11) is 3.61. The Balaban J connectivity index is 2.08. The van der Waals surface area contributed by atoms with E-state index < -0.39 is 0 Å². The smallest absolute Gasteiger partial charge is 0.320 e. The molecule has 2 heterocycles. The van der Waals surface area contributed by atoms with E-state index in [4.69, 9.17) is 0 Å². The largest absolute Gasteiger partial charge is 0.322 e. The molecule has 1 unspecified atom stereocenters. The predicted molar refractivity (Wildman–Crippen MR) is 84.6 cm³/mol. The molecule has 2 aromatic heterocycles. The van der Waals surface area contributed by atoms with Crippen molar-refractivity contribution >= 4 is 23.1 Å². The fraction of sp³-hybridized carbons (Fsp3) is 0.500. The van der Waals surface area contributed by atoms with Crippen LogP contribution in [0, 0.1) is 6.92 Å². The molecule has 0 aromatic carbocycles. The first-order valence-corrected chi connectivity index (χ1v) is 7.72. The van der Waals surface area contributed by atoms with Gasteiger partial charge in [0, 0.05) is 25.2 Å². The van der Waals surface area contributed by atoms with E-state index in [2.05, 4.69) is 22.3 Å². The van der Waals surface area contributed by atoms with Gasteiger partial charge in [-0.1, -0.05) is 6.92 Å². The Labute approximate surface area is 128 Å². The number of thiazole rings is 1. The first-order valence-electron chi connectivity index (χ1n) is 6.91. The molecule has 0 aliphatic carbocycles. The van der Waals surface area contributed by atoms with E-state index in [-0.39, 0.29) is 12.1 Å². The molecule has 0 aliphatic rings. The molecule has 0 aliphatic heterocycles. The van der Waals surface area contributed by atoms with Gasteiger partial charge in [0.15, 0.2) is 0 Å². The van der Waals surface area contributed by atoms with Crippen LogP contribution in [0.2, 0.25) is 0 Å². The zero-order chi connectivity index (χ0) is 15.6. The molecule has 6 nitrogen and oxygen atoms in total. The van der Waals surface area contributed by atoms with Crippen LogP contribution >= 0.6 is 11.3 Å². The van der Waals surface area contributed by atoms with Gasteiger partial charge in [0.25, 0.3) is 0 Å². The summed E-state index contributed by atoms with van der Waals surface area (Å²) in [6.45, 7) is 6.10. The summed E-state index contributed by atoms with van der Waals surface area (Å²) >= 11 is 1.67. The molecule has 0 saturated heterocycles. The minimum atomic E-state index is -0.152. The average molecular weight is 307 g/mol. The van der Waals surface area contributed by atoms with Crippen LogP contribution < -0.4 is 5.32 Å². The zero-order valence-corrected chi connectivity index (χ0v) is 13.9. The normalized spacial score (nSPS) is 12.2. The second-order valence-corrected chi connectivity index (χ2v) is 6.15. The number of hydrogen-bond acceptors (Lipinski definition) is 4. The number of rotatable bonds is 4. The topological polar surface area (TPSA) is 63.1 Å². The minimum absolute atomic E-state index is 0.0144. The van der Waals surface area contributed by atoms with Crippen molar-refractivity contribution in [3.63, 3.8) is 0 Å². The number of nitrogens with zero attached hydrogens (tertiary/aromatic N) is 4. The molecule has 2 amide bonds. The monoisotopic (exact) mass is 307 g/mol. The highest BCUT2D eigenvalue weighted by atomic mass is 32.1. The Bertz CT molecular complexity index is 633. The van der Waals surface area contributed by atoms with E-state index in [1.807, 2.05) is 20.9 Å². The van der Waals surface area contributed by atoms with Gasteiger partial charge < -0.3 is 10.2 Å². The first-order chi connectivity index (χ1) is 9.92. The van der Waals surface area contributed by atoms with E-state index in [1.165, 1.54) is 0 Å². The number of nitrogens with one attached hydrogen (secondary N) is 1. The summed E-state index contributed by atoms with van der Waals surface area (Å²) in [6, 6.07) is -0.166. The average Bonchev–Trinajstić information content (AvgIpc) is 3.03. The number of carbonyl (C=O) groups is 1. The van der Waals surface area contributed by atoms with Crippen LogP contribution in [0.3, 0.4) is 0 Å². The molecule has 0 saturated carbocycles. The Morgan fingerprint density at radius 3 is 2.81 bits per heavy atom. The van der Waals surface area contributed by atoms with E-state index in [0.29, 0.717) is 5.69 Å². The van der Waals surface area contributed by atoms with Gasteiger partial charge in [-0.3, -0.25) is 4.68 Å². The standard InChI is InChI=1S/C14H21N5OS/c1-6-12-16-9(2)13(21-12)10(3)19(5)14(20)17-11-7-15-18(4)8-11/h7-8,10H,6H2,1-5H3,(H,17,20). The van der Waals surface area contributed by atoms with Crippen molar-refractivity contribution < 1.29 is 4.79 Å². The third-order valence-corrected chi connectivity index (χ3v) is 4.89. The van der Waals surface area contributed by atoms with E-state index in [9.17, 15) is 4.79 Å². The summed E-state index contributed by atoms with van der Waals surface area (Å²) in [5.41, 5.74) is 1.70. The molecule has 2 rings (SSSR count). The van der Waals surface area contributed by atoms with Gasteiger partial charge in [-0.25, -0.2) is 9.78 Å². The summed E-state index contributed by atoms with van der Waals surface area (Å²) in [5.74, 6) is 0. The second kappa shape index (κ2) is 6.26. The zero-order valence-electron chi connectivity index (χ0n) is 13.0. The van der Waals surface area contributed by atoms with Crippen molar-refractivity contribution in [2.75, 3.05) is 12.4 Å². The quantitative estimate of drug-likeness (QED) is 0.944. The lowest BCUT2D eigenvalue weighted by Gasteiger charge is -2.24. The Kier molecular flexibility index (Phi) is 4.62. The number of amides is 2. The Morgan fingerprint density at radius 2 is 2.29 bits per heavy atom. The lowest BCUT2D eigenvalue weighted by molar-refractivity contribution is 0.209. The molecule has 1 N–H and O–H groups in total. The maximum atomic E-state index is 12.3. The maximum absolute atomic E-state index is 12.3. The highest BCUT2D eigenvalue weighted by molar-refractivity contribution is 7.11. The number of urea groups is 1. The van der Waals surface area contributed by atoms with Crippen molar-refractivity contribution in [1.29, 1.82) is 0 Å². The molecule has 0 radical (unpaired) electrons. The third-order valence-electron chi connectivity index (χ3n) is 3.42. The van der Waals surface area contributed by atoms with Crippen molar-refractivity contribution in [3.8, 4) is 0 Å². The fourth-order valence-electron chi connectivity index (χ4n) is 2.05. The summed E-state index contributed by atoms with van der Waals surface area (Å²) in [6.07, 6.45) is 4.32. The van der Waals surface area contributed by atoms with Crippen LogP contribution in [0.4, 0.5) is 10.5 Å². The van der Waals surface area contributed by atoms with Gasteiger partial charge in [-0.2, -0.15) is 5.10 Å². The number of aryl methyl sites for hydroxylation is 3. The van der Waals surface area contributed by atoms with Gasteiger partial charge in [0.05, 0.1) is 28.6 Å². The lowest BCUT2D eigenvalue weighted by atomic mass is 10.2. The molecule has 1 atom stereocenters. The maximum Gasteiger partial charge on any atom is 0.322 e. The number of anilines is 1. The Hall–Kier alpha value is -1.89. The van der Waals surface area contributed by atoms with E-state index >= 15 is 0 Å². The molecule has 0 spiro atoms. The predicted octanol–water partition coefficient (Wildman–Crippen LogP) is 2.97. The van der Waals surface area contributed by atoms with Crippen LogP contribution in [0.25, 0.3) is 0 Å². The van der Waals surface area contributed by atoms with Crippen LogP contribution in [-0.2, 0) is 13.5 Å². The van der Waals surface area contributed by atoms with Gasteiger partial charge in [0.1, 0.15) is 0 Å². The van der Waals surface area contributed by atoms with Crippen molar-refractivity contribution in [2.24, 2.45) is 7.05 Å². The highest BCUT2D eigenvalue weighted by Gasteiger charge is 2.22. The van der Waals surface area contributed by atoms with Crippen molar-refractivity contribution in [3.05, 3.63) is 28.0 Å². The molecule has 114 valence electrons. The Morgan fingerprint density at radius 1 is 1.57 bits per heavy atom. The molecule has 21 heavy (non-hydrogen) atoms. The summed E-state index contributed by atoms with van der Waals surface area (Å²) in [5, 5.41) is 7.98. The molecule has 7 heteroatoms. The van der Waals surface area contributed by atoms with Crippen molar-refractivity contribution in [2.45, 2.75) is 33.2 Å². The minimum Gasteiger partial charge on any atom is -0.320 e. The van der Waals surface area contributed by atoms with Gasteiger partial charge in [-0.05, 0) is 20.3 Å². The van der Waals surface area contributed by atoms with E-state index in [0.717, 1.165) is 22.0 Å². The molecule has 0 fully saturated rings. The van der Waals surface area contributed by atoms with Crippen LogP contribution in [0.15, 0.2) is 12.4 Å². The molecule has 2 aromatic rings. The summed E-state index contributed by atoms with van der Waals surface area (Å²) < 4.78 is 1.65. The highest BCUT2D eigenvalue weighted by Crippen LogP contribution is 2.29. The van der Waals surface area contributed by atoms with E-state index in [1.54, 1.807) is 40.4 Å². The van der Waals surface area contributed by atoms with Gasteiger partial charge in [0.2, 0.25) is 0 Å². The van der Waals surface area contributed by atoms with Crippen molar-refractivity contribution in [1.82, 2.24) is 19.7 Å². The van der Waals surface area contributed by atoms with Crippen LogP contribution in [0.1, 0.15) is 35.5 Å². The van der Waals surface area contributed by atoms with Gasteiger partial charge in [-0.15, -0.1) is 11.3 Å². The molecule has 0 bridgehead atoms. The number of carbonyl (C=O) groups excluding carboxylic acids is 1. The SMILES string of the molecule is CCc1nc(C)c(C(C)N(C)C(=O)Nc2cnn(C)c2)s1. The molecular weight excluding hydrogens is 286 g/mol. The number of aromatic nitrogens is 3. The third kappa shape index (κ3) is 3.41. The van der Waals surface area contributed by atoms with Crippen LogP contribution in [0.5, 0.6) is 0 Å². The second-order valence-electron chi connectivity index (χ2n) is 5.03. The van der Waals surface area contributed by atoms with Crippen LogP contribution in [-0.4, -0.2) is 32.7 Å². The fourth-order valence-corrected chi connectivity index (χ4v) is 3.16. The molecular formula is C14H21N5OS.